The highest BCUT2D eigenvalue weighted by molar-refractivity contribution is 8.13. The maximum Gasteiger partial charge on any atom is 0.372 e. The van der Waals surface area contributed by atoms with Gasteiger partial charge in [-0.1, -0.05) is 92.6 Å². The van der Waals surface area contributed by atoms with E-state index in [4.69, 9.17) is 59.2 Å². The lowest BCUT2D eigenvalue weighted by atomic mass is 10.1. The number of carbonyl (C=O) groups is 3. The van der Waals surface area contributed by atoms with Crippen molar-refractivity contribution < 1.29 is 56.5 Å². The highest BCUT2D eigenvalue weighted by atomic mass is 35.5. The summed E-state index contributed by atoms with van der Waals surface area (Å²) in [5, 5.41) is 20.4. The van der Waals surface area contributed by atoms with Crippen molar-refractivity contribution in [1.82, 2.24) is 29.9 Å². The van der Waals surface area contributed by atoms with E-state index in [9.17, 15) is 36.9 Å². The van der Waals surface area contributed by atoms with E-state index < -0.39 is 55.8 Å². The molecule has 0 radical (unpaired) electrons. The van der Waals surface area contributed by atoms with Crippen LogP contribution in [0.15, 0.2) is 53.3 Å². The van der Waals surface area contributed by atoms with Gasteiger partial charge in [0.25, 0.3) is 0 Å². The van der Waals surface area contributed by atoms with Crippen molar-refractivity contribution in [3.05, 3.63) is 86.4 Å². The average molecular weight is 960 g/mol. The number of carboxylic acids is 1. The van der Waals surface area contributed by atoms with E-state index in [1.54, 1.807) is 6.92 Å². The van der Waals surface area contributed by atoms with Gasteiger partial charge in [-0.05, 0) is 49.7 Å². The number of aliphatic carboxylic acids is 1. The van der Waals surface area contributed by atoms with Crippen molar-refractivity contribution in [3.8, 4) is 22.7 Å². The molecule has 24 heteroatoms. The maximum atomic E-state index is 14.2. The number of nitrogens with zero attached hydrogens (tertiary/aromatic N) is 5. The summed E-state index contributed by atoms with van der Waals surface area (Å²) in [4.78, 5) is 61.9. The van der Waals surface area contributed by atoms with Crippen LogP contribution in [0.4, 0.5) is 18.0 Å². The third-order valence-corrected chi connectivity index (χ3v) is 10.1. The van der Waals surface area contributed by atoms with Crippen LogP contribution in [0, 0.1) is 12.7 Å². The fraction of sp³-hybridized carbons (Fsp3) is 0.432. The Morgan fingerprint density at radius 2 is 1.66 bits per heavy atom. The first-order chi connectivity index (χ1) is 28.8. The molecule has 0 fully saturated rings. The van der Waals surface area contributed by atoms with Crippen LogP contribution in [0.2, 0.25) is 10.2 Å². The summed E-state index contributed by atoms with van der Waals surface area (Å²) in [6, 6.07) is 13.0. The minimum atomic E-state index is -4.10. The van der Waals surface area contributed by atoms with Crippen molar-refractivity contribution in [2.24, 2.45) is 0 Å². The first kappa shape index (κ1) is 53.1. The summed E-state index contributed by atoms with van der Waals surface area (Å²) in [7, 11) is -4.10. The van der Waals surface area contributed by atoms with Crippen LogP contribution in [0.1, 0.15) is 70.3 Å². The largest absolute Gasteiger partial charge is 0.480 e. The van der Waals surface area contributed by atoms with Gasteiger partial charge >= 0.3 is 37.1 Å². The van der Waals surface area contributed by atoms with Gasteiger partial charge in [-0.3, -0.25) is 19.5 Å². The standard InChI is InChI=1S/C19H23ClN2O2S.C15H14Cl2F3N3O3.C3H8NO5P/c1-2-3-4-5-6-10-13-25-19(23)24-16-14-17(20)21-22-18(16)15-11-8-7-9-12-15;1-3-26-13(24)10(17)4-8-5-12(11(18)6-9(8)16)23-15(25)22(14(19)20)7(2)21-23;5-3(6)1-4-2-10(7,8)9/h7-9,11-12,14H,2-6,10,13H2,1H3;5-6,10,14H,3-4H2,1-2H3;4H,1-2H2,(H,5,6)(H2,7,8,9). The Hall–Kier alpha value is -4.01. The molecular formula is C37H45Cl3F3N6O10PS. The van der Waals surface area contributed by atoms with Crippen LogP contribution in [-0.2, 0) is 25.3 Å². The Balaban J connectivity index is 0.000000345. The van der Waals surface area contributed by atoms with Crippen molar-refractivity contribution in [2.45, 2.75) is 77.6 Å². The topological polar surface area (TPSA) is 225 Å². The highest BCUT2D eigenvalue weighted by Gasteiger charge is 2.24. The lowest BCUT2D eigenvalue weighted by Crippen LogP contribution is -2.25. The van der Waals surface area contributed by atoms with Gasteiger partial charge in [0.2, 0.25) is 0 Å². The third-order valence-electron chi connectivity index (χ3n) is 7.74. The zero-order valence-corrected chi connectivity index (χ0v) is 37.1. The maximum absolute atomic E-state index is 14.2. The molecule has 4 N–H and O–H groups in total. The second-order valence-electron chi connectivity index (χ2n) is 12.6. The van der Waals surface area contributed by atoms with Crippen molar-refractivity contribution in [2.75, 3.05) is 25.2 Å². The van der Waals surface area contributed by atoms with E-state index in [0.29, 0.717) is 16.1 Å². The number of nitrogens with one attached hydrogen (secondary N) is 1. The van der Waals surface area contributed by atoms with Crippen LogP contribution < -0.4 is 15.7 Å². The summed E-state index contributed by atoms with van der Waals surface area (Å²) in [5.74, 6) is -1.96. The first-order valence-electron chi connectivity index (χ1n) is 18.4. The van der Waals surface area contributed by atoms with E-state index in [-0.39, 0.29) is 50.1 Å². The molecule has 4 aromatic rings. The molecule has 0 saturated carbocycles. The van der Waals surface area contributed by atoms with E-state index >= 15 is 0 Å². The SMILES string of the molecule is CCCCCCCCSC(=O)Oc1cc(Cl)nnc1-c1ccccc1.CCOC(=O)C(Cl)Cc1cc(-n2nc(C)n(C(F)F)c2=O)c(F)cc1Cl.O=C(O)CNCP(=O)(O)O. The zero-order valence-electron chi connectivity index (χ0n) is 33.1. The van der Waals surface area contributed by atoms with E-state index in [2.05, 4.69) is 27.5 Å². The molecule has 0 aliphatic rings. The molecule has 336 valence electrons. The molecule has 0 aliphatic carbocycles. The van der Waals surface area contributed by atoms with Crippen molar-refractivity contribution >= 4 is 71.4 Å². The Labute approximate surface area is 368 Å². The number of aromatic nitrogens is 5. The van der Waals surface area contributed by atoms with Gasteiger partial charge in [-0.15, -0.1) is 26.9 Å². The molecule has 0 bridgehead atoms. The van der Waals surface area contributed by atoms with Crippen LogP contribution in [-0.4, -0.2) is 87.2 Å². The summed E-state index contributed by atoms with van der Waals surface area (Å²) in [6.07, 6.45) is 6.48. The Kier molecular flexibility index (Phi) is 23.6. The molecule has 0 amide bonds. The second kappa shape index (κ2) is 27.1. The number of benzene rings is 2. The molecule has 0 spiro atoms. The van der Waals surface area contributed by atoms with Gasteiger partial charge in [-0.25, -0.2) is 18.5 Å². The lowest BCUT2D eigenvalue weighted by Gasteiger charge is -2.12. The van der Waals surface area contributed by atoms with Crippen LogP contribution in [0.25, 0.3) is 16.9 Å². The summed E-state index contributed by atoms with van der Waals surface area (Å²) >= 11 is 19.0. The Bertz CT molecular complexity index is 2150. The molecular weight excluding hydrogens is 915 g/mol. The number of hydrogen-bond acceptors (Lipinski definition) is 12. The van der Waals surface area contributed by atoms with Gasteiger partial charge in [0, 0.05) is 28.8 Å². The number of carbonyl (C=O) groups excluding carboxylic acids is 2. The van der Waals surface area contributed by atoms with Gasteiger partial charge in [0.1, 0.15) is 22.6 Å². The predicted octanol–water partition coefficient (Wildman–Crippen LogP) is 8.43. The number of alkyl halides is 3. The minimum Gasteiger partial charge on any atom is -0.480 e. The summed E-state index contributed by atoms with van der Waals surface area (Å²) in [6.45, 7) is 1.57. The first-order valence-corrected chi connectivity index (χ1v) is 22.4. The number of thioether (sulfide) groups is 1. The van der Waals surface area contributed by atoms with Crippen LogP contribution >= 0.6 is 54.2 Å². The zero-order chi connectivity index (χ0) is 45.7. The van der Waals surface area contributed by atoms with E-state index in [0.717, 1.165) is 36.3 Å². The van der Waals surface area contributed by atoms with Crippen molar-refractivity contribution in [1.29, 1.82) is 0 Å². The van der Waals surface area contributed by atoms with E-state index in [1.807, 2.05) is 30.3 Å². The number of rotatable bonds is 19. The fourth-order valence-corrected chi connectivity index (χ4v) is 6.62. The van der Waals surface area contributed by atoms with Gasteiger partial charge < -0.3 is 24.4 Å². The summed E-state index contributed by atoms with van der Waals surface area (Å²) in [5.41, 5.74) is -0.0247. The molecule has 1 atom stereocenters. The van der Waals surface area contributed by atoms with E-state index in [1.165, 1.54) is 50.4 Å². The quantitative estimate of drug-likeness (QED) is 0.0299. The Morgan fingerprint density at radius 3 is 2.25 bits per heavy atom. The number of hydrogen-bond donors (Lipinski definition) is 4. The number of ether oxygens (including phenoxy) is 2. The third kappa shape index (κ3) is 19.3. The molecule has 1 unspecified atom stereocenters. The molecule has 4 rings (SSSR count). The molecule has 0 saturated heterocycles. The Morgan fingerprint density at radius 1 is 1.00 bits per heavy atom. The second-order valence-corrected chi connectivity index (χ2v) is 16.6. The van der Waals surface area contributed by atoms with Crippen LogP contribution in [0.3, 0.4) is 0 Å². The van der Waals surface area contributed by atoms with Gasteiger partial charge in [0.15, 0.2) is 16.7 Å². The molecule has 2 heterocycles. The molecule has 2 aromatic carbocycles. The number of aryl methyl sites for hydroxylation is 1. The van der Waals surface area contributed by atoms with Crippen LogP contribution in [0.5, 0.6) is 5.75 Å². The molecule has 0 aliphatic heterocycles. The van der Waals surface area contributed by atoms with Gasteiger partial charge in [0.05, 0.1) is 19.4 Å². The number of carboxylic acid groups (broad SMARTS) is 1. The number of unbranched alkanes of at least 4 members (excludes halogenated alkanes) is 5. The predicted molar refractivity (Wildman–Crippen MR) is 226 cm³/mol. The number of halogens is 6. The molecule has 61 heavy (non-hydrogen) atoms. The smallest absolute Gasteiger partial charge is 0.372 e. The highest BCUT2D eigenvalue weighted by Crippen LogP contribution is 2.32. The normalized spacial score (nSPS) is 11.5. The molecule has 2 aromatic heterocycles. The van der Waals surface area contributed by atoms with Gasteiger partial charge in [-0.2, -0.15) is 13.5 Å². The number of esters is 1. The fourth-order valence-electron chi connectivity index (χ4n) is 4.96. The lowest BCUT2D eigenvalue weighted by molar-refractivity contribution is -0.142. The average Bonchev–Trinajstić information content (AvgIpc) is 3.48. The van der Waals surface area contributed by atoms with Crippen molar-refractivity contribution in [3.63, 3.8) is 0 Å². The molecule has 16 nitrogen and oxygen atoms in total. The summed E-state index contributed by atoms with van der Waals surface area (Å²) < 4.78 is 61.0. The minimum absolute atomic E-state index is 0.0424. The monoisotopic (exact) mass is 958 g/mol.